The van der Waals surface area contributed by atoms with Gasteiger partial charge in [0.1, 0.15) is 0 Å². The second kappa shape index (κ2) is 5.70. The quantitative estimate of drug-likeness (QED) is 0.789. The number of benzene rings is 1. The molecule has 24 heavy (non-hydrogen) atoms. The van der Waals surface area contributed by atoms with Gasteiger partial charge in [-0.15, -0.1) is 0 Å². The van der Waals surface area contributed by atoms with Gasteiger partial charge in [0.25, 0.3) is 0 Å². The van der Waals surface area contributed by atoms with Crippen LogP contribution in [0.2, 0.25) is 0 Å². The van der Waals surface area contributed by atoms with E-state index in [1.165, 1.54) is 0 Å². The lowest BCUT2D eigenvalue weighted by Gasteiger charge is -2.29. The predicted octanol–water partition coefficient (Wildman–Crippen LogP) is 3.73. The minimum atomic E-state index is -1.65. The third-order valence-corrected chi connectivity index (χ3v) is 5.24. The van der Waals surface area contributed by atoms with Crippen LogP contribution in [0.3, 0.4) is 0 Å². The highest BCUT2D eigenvalue weighted by Crippen LogP contribution is 2.61. The van der Waals surface area contributed by atoms with Crippen LogP contribution in [-0.4, -0.2) is 0 Å². The average Bonchev–Trinajstić information content (AvgIpc) is 2.90. The molecule has 0 aliphatic heterocycles. The molecule has 1 saturated carbocycles. The van der Waals surface area contributed by atoms with Gasteiger partial charge in [-0.1, -0.05) is 48.6 Å². The van der Waals surface area contributed by atoms with Crippen LogP contribution >= 0.6 is 0 Å². The first kappa shape index (κ1) is 15.6. The largest absolute Gasteiger partial charge is 0.196 e. The summed E-state index contributed by atoms with van der Waals surface area (Å²) in [5, 5.41) is 39.0. The van der Waals surface area contributed by atoms with E-state index in [2.05, 4.69) is 0 Å². The van der Waals surface area contributed by atoms with Crippen molar-refractivity contribution in [2.24, 2.45) is 22.7 Å². The van der Waals surface area contributed by atoms with Crippen LogP contribution in [-0.2, 0) is 0 Å². The number of hydrogen-bond acceptors (Lipinski definition) is 4. The molecule has 1 aromatic rings. The van der Waals surface area contributed by atoms with Crippen LogP contribution < -0.4 is 0 Å². The Morgan fingerprint density at radius 1 is 0.875 bits per heavy atom. The normalized spacial score (nSPS) is 29.2. The van der Waals surface area contributed by atoms with Crippen molar-refractivity contribution in [1.29, 1.82) is 21.0 Å². The lowest BCUT2D eigenvalue weighted by molar-refractivity contribution is 0.266. The van der Waals surface area contributed by atoms with E-state index in [0.717, 1.165) is 11.1 Å². The molecule has 1 fully saturated rings. The van der Waals surface area contributed by atoms with E-state index in [4.69, 9.17) is 0 Å². The summed E-state index contributed by atoms with van der Waals surface area (Å²) < 4.78 is 0. The number of nitriles is 4. The van der Waals surface area contributed by atoms with E-state index < -0.39 is 16.7 Å². The van der Waals surface area contributed by atoms with E-state index in [-0.39, 0.29) is 5.92 Å². The van der Waals surface area contributed by atoms with Gasteiger partial charge in [0.05, 0.1) is 24.3 Å². The fourth-order valence-corrected chi connectivity index (χ4v) is 3.95. The Morgan fingerprint density at radius 3 is 2.08 bits per heavy atom. The molecule has 0 amide bonds. The van der Waals surface area contributed by atoms with Crippen molar-refractivity contribution in [3.63, 3.8) is 0 Å². The summed E-state index contributed by atoms with van der Waals surface area (Å²) in [7, 11) is 0. The summed E-state index contributed by atoms with van der Waals surface area (Å²) in [4.78, 5) is 0. The number of allylic oxidation sites excluding steroid dienone is 4. The summed E-state index contributed by atoms with van der Waals surface area (Å²) in [5.74, 6) is -0.765. The first-order chi connectivity index (χ1) is 11.7. The van der Waals surface area contributed by atoms with Gasteiger partial charge in [0.15, 0.2) is 10.8 Å². The number of hydrogen-bond donors (Lipinski definition) is 0. The Bertz CT molecular complexity index is 853. The summed E-state index contributed by atoms with van der Waals surface area (Å²) in [6.07, 6.45) is 6.78. The number of rotatable bonds is 1. The van der Waals surface area contributed by atoms with Crippen LogP contribution in [0.1, 0.15) is 18.4 Å². The fourth-order valence-electron chi connectivity index (χ4n) is 3.95. The van der Waals surface area contributed by atoms with Crippen molar-refractivity contribution in [3.05, 3.63) is 54.1 Å². The van der Waals surface area contributed by atoms with Crippen LogP contribution in [0.4, 0.5) is 0 Å². The molecule has 0 radical (unpaired) electrons. The van der Waals surface area contributed by atoms with Gasteiger partial charge < -0.3 is 0 Å². The van der Waals surface area contributed by atoms with Crippen molar-refractivity contribution in [2.75, 3.05) is 0 Å². The highest BCUT2D eigenvalue weighted by molar-refractivity contribution is 5.75. The molecule has 114 valence electrons. The molecular formula is C20H14N4. The molecule has 2 unspecified atom stereocenters. The van der Waals surface area contributed by atoms with Crippen LogP contribution in [0, 0.1) is 68.0 Å². The molecule has 4 nitrogen and oxygen atoms in total. The van der Waals surface area contributed by atoms with Crippen molar-refractivity contribution in [2.45, 2.75) is 12.8 Å². The topological polar surface area (TPSA) is 95.2 Å². The summed E-state index contributed by atoms with van der Waals surface area (Å²) >= 11 is 0. The molecule has 2 bridgehead atoms. The molecule has 2 aliphatic carbocycles. The first-order valence-electron chi connectivity index (χ1n) is 7.76. The highest BCUT2D eigenvalue weighted by atomic mass is 14.7. The minimum absolute atomic E-state index is 0.318. The van der Waals surface area contributed by atoms with Gasteiger partial charge in [0.2, 0.25) is 0 Å². The van der Waals surface area contributed by atoms with Gasteiger partial charge in [-0.25, -0.2) is 0 Å². The molecule has 0 saturated heterocycles. The Labute approximate surface area is 141 Å². The molecule has 0 spiro atoms. The SMILES string of the molecule is N#CC1(C#N)C2/C=C(c3ccccc3)\C=C/CC(C2)C1(C#N)C#N. The molecule has 0 heterocycles. The third-order valence-electron chi connectivity index (χ3n) is 5.24. The summed E-state index contributed by atoms with van der Waals surface area (Å²) in [6.45, 7) is 0. The molecule has 0 N–H and O–H groups in total. The van der Waals surface area contributed by atoms with E-state index in [0.29, 0.717) is 12.8 Å². The van der Waals surface area contributed by atoms with Crippen molar-refractivity contribution in [3.8, 4) is 24.3 Å². The Balaban J connectivity index is 2.21. The molecule has 2 atom stereocenters. The van der Waals surface area contributed by atoms with Gasteiger partial charge in [-0.05, 0) is 29.9 Å². The monoisotopic (exact) mass is 310 g/mol. The standard InChI is InChI=1S/C20H14N4/c21-11-19(12-22)17-8-4-7-16(15-5-2-1-3-6-15)9-18(10-17)20(19,13-23)14-24/h1-7,9,17-18H,8,10H2/b7-4-,16-9+. The number of nitrogens with zero attached hydrogens (tertiary/aromatic N) is 4. The second-order valence-electron chi connectivity index (χ2n) is 6.23. The molecule has 0 aromatic heterocycles. The Morgan fingerprint density at radius 2 is 1.50 bits per heavy atom. The van der Waals surface area contributed by atoms with Crippen molar-refractivity contribution in [1.82, 2.24) is 0 Å². The second-order valence-corrected chi connectivity index (χ2v) is 6.23. The van der Waals surface area contributed by atoms with Gasteiger partial charge in [0, 0.05) is 5.92 Å². The zero-order valence-corrected chi connectivity index (χ0v) is 13.0. The van der Waals surface area contributed by atoms with E-state index in [9.17, 15) is 21.0 Å². The zero-order valence-electron chi connectivity index (χ0n) is 13.0. The van der Waals surface area contributed by atoms with Crippen LogP contribution in [0.25, 0.3) is 5.57 Å². The van der Waals surface area contributed by atoms with E-state index >= 15 is 0 Å². The molecule has 4 heteroatoms. The van der Waals surface area contributed by atoms with Gasteiger partial charge in [-0.2, -0.15) is 21.0 Å². The predicted molar refractivity (Wildman–Crippen MR) is 87.1 cm³/mol. The van der Waals surface area contributed by atoms with Crippen LogP contribution in [0.15, 0.2) is 48.6 Å². The van der Waals surface area contributed by atoms with E-state index in [1.54, 1.807) is 0 Å². The Kier molecular flexibility index (Phi) is 3.69. The lowest BCUT2D eigenvalue weighted by Crippen LogP contribution is -2.40. The first-order valence-corrected chi connectivity index (χ1v) is 7.76. The molecular weight excluding hydrogens is 296 g/mol. The van der Waals surface area contributed by atoms with Crippen LogP contribution in [0.5, 0.6) is 0 Å². The zero-order chi connectivity index (χ0) is 17.2. The maximum atomic E-state index is 9.78. The summed E-state index contributed by atoms with van der Waals surface area (Å²) in [5.41, 5.74) is -1.34. The number of fused-ring (bicyclic) bond motifs is 2. The average molecular weight is 310 g/mol. The Hall–Kier alpha value is -3.34. The summed E-state index contributed by atoms with van der Waals surface area (Å²) in [6, 6.07) is 17.9. The maximum Gasteiger partial charge on any atom is 0.181 e. The minimum Gasteiger partial charge on any atom is -0.196 e. The van der Waals surface area contributed by atoms with Crippen molar-refractivity contribution < 1.29 is 0 Å². The van der Waals surface area contributed by atoms with Gasteiger partial charge in [-0.3, -0.25) is 0 Å². The van der Waals surface area contributed by atoms with Gasteiger partial charge >= 0.3 is 0 Å². The van der Waals surface area contributed by atoms with Crippen molar-refractivity contribution >= 4 is 5.57 Å². The third kappa shape index (κ3) is 1.88. The lowest BCUT2D eigenvalue weighted by atomic mass is 9.62. The smallest absolute Gasteiger partial charge is 0.181 e. The maximum absolute atomic E-state index is 9.78. The molecule has 1 aromatic carbocycles. The molecule has 3 rings (SSSR count). The molecule has 2 aliphatic rings. The highest BCUT2D eigenvalue weighted by Gasteiger charge is 2.67. The van der Waals surface area contributed by atoms with E-state index in [1.807, 2.05) is 72.8 Å². The fraction of sp³-hybridized carbons (Fsp3) is 0.300.